The van der Waals surface area contributed by atoms with E-state index in [0.29, 0.717) is 26.1 Å². The fraction of sp³-hybridized carbons (Fsp3) is 0.545. The first kappa shape index (κ1) is 13.3. The number of anilines is 1. The van der Waals surface area contributed by atoms with Crippen molar-refractivity contribution in [2.75, 3.05) is 18.9 Å². The van der Waals surface area contributed by atoms with Crippen LogP contribution in [0.4, 0.5) is 5.69 Å². The molecule has 0 saturated carbocycles. The summed E-state index contributed by atoms with van der Waals surface area (Å²) < 4.78 is 32.4. The number of nitrogens with two attached hydrogens (primary N) is 1. The van der Waals surface area contributed by atoms with Crippen LogP contribution in [0, 0.1) is 0 Å². The zero-order chi connectivity index (χ0) is 13.2. The normalized spacial score (nSPS) is 19.6. The SMILES string of the molecule is CC1(NS(=O)(=O)c2ncccc2N)CCOCC1. The Morgan fingerprint density at radius 1 is 1.44 bits per heavy atom. The predicted octanol–water partition coefficient (Wildman–Crippen LogP) is 0.511. The van der Waals surface area contributed by atoms with Crippen LogP contribution >= 0.6 is 0 Å². The van der Waals surface area contributed by atoms with Crippen LogP contribution in [0.1, 0.15) is 19.8 Å². The van der Waals surface area contributed by atoms with Crippen molar-refractivity contribution >= 4 is 15.7 Å². The topological polar surface area (TPSA) is 94.3 Å². The Morgan fingerprint density at radius 2 is 2.11 bits per heavy atom. The third kappa shape index (κ3) is 2.80. The number of hydrogen-bond donors (Lipinski definition) is 2. The van der Waals surface area contributed by atoms with E-state index in [-0.39, 0.29) is 10.7 Å². The molecule has 7 heteroatoms. The Morgan fingerprint density at radius 3 is 2.72 bits per heavy atom. The van der Waals surface area contributed by atoms with Crippen LogP contribution in [0.2, 0.25) is 0 Å². The van der Waals surface area contributed by atoms with E-state index in [1.54, 1.807) is 6.07 Å². The molecule has 1 aliphatic rings. The van der Waals surface area contributed by atoms with Crippen LogP contribution in [0.3, 0.4) is 0 Å². The van der Waals surface area contributed by atoms with Gasteiger partial charge in [-0.3, -0.25) is 0 Å². The summed E-state index contributed by atoms with van der Waals surface area (Å²) in [6, 6.07) is 3.12. The minimum Gasteiger partial charge on any atom is -0.396 e. The van der Waals surface area contributed by atoms with Gasteiger partial charge in [-0.25, -0.2) is 18.1 Å². The maximum Gasteiger partial charge on any atom is 0.260 e. The Bertz CT molecular complexity index is 524. The number of nitrogens with one attached hydrogen (secondary N) is 1. The largest absolute Gasteiger partial charge is 0.396 e. The van der Waals surface area contributed by atoms with Crippen molar-refractivity contribution in [3.05, 3.63) is 18.3 Å². The smallest absolute Gasteiger partial charge is 0.260 e. The first-order valence-corrected chi connectivity index (χ1v) is 7.24. The van der Waals surface area contributed by atoms with Crippen molar-refractivity contribution in [3.8, 4) is 0 Å². The minimum atomic E-state index is -3.69. The molecular weight excluding hydrogens is 254 g/mol. The highest BCUT2D eigenvalue weighted by Crippen LogP contribution is 2.23. The molecule has 100 valence electrons. The van der Waals surface area contributed by atoms with Gasteiger partial charge < -0.3 is 10.5 Å². The summed E-state index contributed by atoms with van der Waals surface area (Å²) >= 11 is 0. The van der Waals surface area contributed by atoms with E-state index in [1.165, 1.54) is 12.3 Å². The predicted molar refractivity (Wildman–Crippen MR) is 67.4 cm³/mol. The van der Waals surface area contributed by atoms with E-state index in [2.05, 4.69) is 9.71 Å². The van der Waals surface area contributed by atoms with Gasteiger partial charge in [0.15, 0.2) is 5.03 Å². The molecule has 0 bridgehead atoms. The molecule has 0 amide bonds. The number of ether oxygens (including phenoxy) is 1. The van der Waals surface area contributed by atoms with Crippen molar-refractivity contribution in [3.63, 3.8) is 0 Å². The second-order valence-electron chi connectivity index (χ2n) is 4.68. The first-order chi connectivity index (χ1) is 8.43. The summed E-state index contributed by atoms with van der Waals surface area (Å²) in [5.41, 5.74) is 5.30. The molecule has 2 rings (SSSR count). The van der Waals surface area contributed by atoms with Crippen molar-refractivity contribution in [2.45, 2.75) is 30.3 Å². The number of rotatable bonds is 3. The third-order valence-corrected chi connectivity index (χ3v) is 4.64. The van der Waals surface area contributed by atoms with Gasteiger partial charge in [-0.1, -0.05) is 0 Å². The molecule has 1 aromatic rings. The molecule has 1 saturated heterocycles. The number of nitrogens with zero attached hydrogens (tertiary/aromatic N) is 1. The fourth-order valence-electron chi connectivity index (χ4n) is 1.92. The van der Waals surface area contributed by atoms with Gasteiger partial charge in [0.25, 0.3) is 10.0 Å². The van der Waals surface area contributed by atoms with Gasteiger partial charge in [-0.15, -0.1) is 0 Å². The van der Waals surface area contributed by atoms with Crippen molar-refractivity contribution < 1.29 is 13.2 Å². The molecule has 0 atom stereocenters. The lowest BCUT2D eigenvalue weighted by atomic mass is 9.94. The highest BCUT2D eigenvalue weighted by molar-refractivity contribution is 7.89. The standard InChI is InChI=1S/C11H17N3O3S/c1-11(4-7-17-8-5-11)14-18(15,16)10-9(12)3-2-6-13-10/h2-3,6,14H,4-5,7-8,12H2,1H3. The molecule has 1 fully saturated rings. The Hall–Kier alpha value is -1.18. The second-order valence-corrected chi connectivity index (χ2v) is 6.27. The van der Waals surface area contributed by atoms with Gasteiger partial charge in [-0.05, 0) is 31.9 Å². The van der Waals surface area contributed by atoms with Gasteiger partial charge >= 0.3 is 0 Å². The number of sulfonamides is 1. The lowest BCUT2D eigenvalue weighted by Crippen LogP contribution is -2.49. The maximum atomic E-state index is 12.2. The van der Waals surface area contributed by atoms with Crippen LogP contribution in [0.25, 0.3) is 0 Å². The molecule has 6 nitrogen and oxygen atoms in total. The average Bonchev–Trinajstić information content (AvgIpc) is 2.28. The molecule has 0 spiro atoms. The highest BCUT2D eigenvalue weighted by atomic mass is 32.2. The molecule has 1 aromatic heterocycles. The van der Waals surface area contributed by atoms with E-state index >= 15 is 0 Å². The lowest BCUT2D eigenvalue weighted by molar-refractivity contribution is 0.0537. The third-order valence-electron chi connectivity index (χ3n) is 3.03. The van der Waals surface area contributed by atoms with Gasteiger partial charge in [0.1, 0.15) is 0 Å². The Labute approximate surface area is 107 Å². The van der Waals surface area contributed by atoms with Crippen LogP contribution in [0.5, 0.6) is 0 Å². The summed E-state index contributed by atoms with van der Waals surface area (Å²) in [5.74, 6) is 0. The number of hydrogen-bond acceptors (Lipinski definition) is 5. The quantitative estimate of drug-likeness (QED) is 0.835. The Balaban J connectivity index is 2.25. The van der Waals surface area contributed by atoms with E-state index in [1.807, 2.05) is 6.92 Å². The van der Waals surface area contributed by atoms with Crippen molar-refractivity contribution in [2.24, 2.45) is 0 Å². The Kier molecular flexibility index (Phi) is 3.56. The second kappa shape index (κ2) is 4.83. The highest BCUT2D eigenvalue weighted by Gasteiger charge is 2.33. The summed E-state index contributed by atoms with van der Waals surface area (Å²) in [7, 11) is -3.69. The first-order valence-electron chi connectivity index (χ1n) is 5.75. The molecule has 0 aliphatic carbocycles. The average molecular weight is 271 g/mol. The molecule has 0 radical (unpaired) electrons. The molecule has 0 aromatic carbocycles. The van der Waals surface area contributed by atoms with Gasteiger partial charge in [0.2, 0.25) is 0 Å². The van der Waals surface area contributed by atoms with Crippen LogP contribution in [-0.4, -0.2) is 32.2 Å². The van der Waals surface area contributed by atoms with Gasteiger partial charge in [0, 0.05) is 24.9 Å². The molecule has 0 unspecified atom stereocenters. The van der Waals surface area contributed by atoms with Crippen LogP contribution in [-0.2, 0) is 14.8 Å². The van der Waals surface area contributed by atoms with Crippen LogP contribution < -0.4 is 10.5 Å². The summed E-state index contributed by atoms with van der Waals surface area (Å²) in [5, 5.41) is -0.113. The summed E-state index contributed by atoms with van der Waals surface area (Å²) in [6.07, 6.45) is 2.69. The monoisotopic (exact) mass is 271 g/mol. The summed E-state index contributed by atoms with van der Waals surface area (Å²) in [4.78, 5) is 3.84. The fourth-order valence-corrected chi connectivity index (χ4v) is 3.45. The molecule has 3 N–H and O–H groups in total. The summed E-state index contributed by atoms with van der Waals surface area (Å²) in [6.45, 7) is 2.97. The van der Waals surface area contributed by atoms with Gasteiger partial charge in [0.05, 0.1) is 5.69 Å². The molecule has 1 aliphatic heterocycles. The maximum absolute atomic E-state index is 12.2. The number of aromatic nitrogens is 1. The molecular formula is C11H17N3O3S. The number of nitrogen functional groups attached to an aromatic ring is 1. The molecule has 2 heterocycles. The molecule has 18 heavy (non-hydrogen) atoms. The zero-order valence-electron chi connectivity index (χ0n) is 10.2. The lowest BCUT2D eigenvalue weighted by Gasteiger charge is -2.33. The van der Waals surface area contributed by atoms with E-state index in [4.69, 9.17) is 10.5 Å². The minimum absolute atomic E-state index is 0.113. The van der Waals surface area contributed by atoms with Gasteiger partial charge in [-0.2, -0.15) is 0 Å². The number of pyridine rings is 1. The van der Waals surface area contributed by atoms with E-state index in [9.17, 15) is 8.42 Å². The van der Waals surface area contributed by atoms with Crippen molar-refractivity contribution in [1.29, 1.82) is 0 Å². The van der Waals surface area contributed by atoms with E-state index < -0.39 is 15.6 Å². The van der Waals surface area contributed by atoms with E-state index in [0.717, 1.165) is 0 Å². The zero-order valence-corrected chi connectivity index (χ0v) is 11.0. The van der Waals surface area contributed by atoms with Crippen molar-refractivity contribution in [1.82, 2.24) is 9.71 Å². The van der Waals surface area contributed by atoms with Crippen LogP contribution in [0.15, 0.2) is 23.4 Å².